The van der Waals surface area contributed by atoms with Crippen LogP contribution in [0, 0.1) is 11.6 Å². The number of hydrogen-bond donors (Lipinski definition) is 1. The van der Waals surface area contributed by atoms with Crippen molar-refractivity contribution in [2.75, 3.05) is 0 Å². The quantitative estimate of drug-likeness (QED) is 0.715. The minimum atomic E-state index is -0.529. The molecule has 1 saturated carbocycles. The summed E-state index contributed by atoms with van der Waals surface area (Å²) < 4.78 is 26.3. The van der Waals surface area contributed by atoms with Gasteiger partial charge in [0.1, 0.15) is 11.6 Å². The Morgan fingerprint density at radius 3 is 2.71 bits per heavy atom. The summed E-state index contributed by atoms with van der Waals surface area (Å²) in [5.74, 6) is -0.508. The molecule has 0 spiro atoms. The highest BCUT2D eigenvalue weighted by Gasteiger charge is 2.27. The first-order valence-corrected chi connectivity index (χ1v) is 4.72. The van der Waals surface area contributed by atoms with Crippen LogP contribution < -0.4 is 0 Å². The molecule has 72 valence electrons. The van der Waals surface area contributed by atoms with Crippen LogP contribution in [0.25, 0.3) is 10.9 Å². The molecule has 0 saturated heterocycles. The van der Waals surface area contributed by atoms with E-state index >= 15 is 0 Å². The van der Waals surface area contributed by atoms with Crippen molar-refractivity contribution in [1.82, 2.24) is 4.98 Å². The summed E-state index contributed by atoms with van der Waals surface area (Å²) in [7, 11) is 0. The van der Waals surface area contributed by atoms with Crippen molar-refractivity contribution in [3.05, 3.63) is 35.5 Å². The molecule has 0 aliphatic heterocycles. The van der Waals surface area contributed by atoms with Crippen LogP contribution in [0.4, 0.5) is 8.78 Å². The van der Waals surface area contributed by atoms with E-state index in [1.165, 1.54) is 6.07 Å². The summed E-state index contributed by atoms with van der Waals surface area (Å²) in [5.41, 5.74) is 1.56. The third-order valence-electron chi connectivity index (χ3n) is 2.74. The second kappa shape index (κ2) is 2.56. The van der Waals surface area contributed by atoms with Crippen molar-refractivity contribution in [3.8, 4) is 0 Å². The van der Waals surface area contributed by atoms with Gasteiger partial charge in [-0.25, -0.2) is 8.78 Å². The minimum Gasteiger partial charge on any atom is -0.361 e. The van der Waals surface area contributed by atoms with Crippen molar-refractivity contribution in [1.29, 1.82) is 0 Å². The largest absolute Gasteiger partial charge is 0.361 e. The second-order valence-corrected chi connectivity index (χ2v) is 3.83. The lowest BCUT2D eigenvalue weighted by molar-refractivity contribution is 0.591. The van der Waals surface area contributed by atoms with Crippen LogP contribution in [0.5, 0.6) is 0 Å². The first-order valence-electron chi connectivity index (χ1n) is 4.72. The summed E-state index contributed by atoms with van der Waals surface area (Å²) in [6, 6.07) is 2.28. The van der Waals surface area contributed by atoms with Gasteiger partial charge in [-0.1, -0.05) is 0 Å². The number of aromatic nitrogens is 1. The average molecular weight is 193 g/mol. The molecule has 1 nitrogen and oxygen atoms in total. The monoisotopic (exact) mass is 193 g/mol. The Bertz CT molecular complexity index is 497. The zero-order chi connectivity index (χ0) is 9.71. The van der Waals surface area contributed by atoms with Crippen LogP contribution in [-0.4, -0.2) is 4.98 Å². The van der Waals surface area contributed by atoms with Gasteiger partial charge in [0, 0.05) is 17.6 Å². The molecule has 1 aliphatic rings. The molecule has 1 aromatic heterocycles. The van der Waals surface area contributed by atoms with Crippen LogP contribution in [0.3, 0.4) is 0 Å². The molecule has 14 heavy (non-hydrogen) atoms. The Balaban J connectivity index is 2.33. The molecule has 0 amide bonds. The lowest BCUT2D eigenvalue weighted by atomic mass is 10.1. The molecule has 1 aliphatic carbocycles. The first kappa shape index (κ1) is 7.97. The number of fused-ring (bicyclic) bond motifs is 1. The van der Waals surface area contributed by atoms with E-state index in [0.29, 0.717) is 16.8 Å². The second-order valence-electron chi connectivity index (χ2n) is 3.83. The molecule has 1 fully saturated rings. The molecule has 0 atom stereocenters. The summed E-state index contributed by atoms with van der Waals surface area (Å²) in [4.78, 5) is 2.91. The molecule has 3 heteroatoms. The number of hydrogen-bond acceptors (Lipinski definition) is 0. The van der Waals surface area contributed by atoms with Crippen LogP contribution in [0.15, 0.2) is 18.3 Å². The van der Waals surface area contributed by atoms with E-state index < -0.39 is 11.6 Å². The van der Waals surface area contributed by atoms with Gasteiger partial charge in [-0.15, -0.1) is 0 Å². The fourth-order valence-electron chi connectivity index (χ4n) is 1.92. The number of aromatic amines is 1. The van der Waals surface area contributed by atoms with Crippen molar-refractivity contribution < 1.29 is 8.78 Å². The summed E-state index contributed by atoms with van der Waals surface area (Å²) >= 11 is 0. The maximum Gasteiger partial charge on any atom is 0.135 e. The van der Waals surface area contributed by atoms with Gasteiger partial charge >= 0.3 is 0 Å². The zero-order valence-corrected chi connectivity index (χ0v) is 7.48. The van der Waals surface area contributed by atoms with Gasteiger partial charge in [-0.05, 0) is 30.4 Å². The minimum absolute atomic E-state index is 0.455. The Hall–Kier alpha value is -1.38. The van der Waals surface area contributed by atoms with Crippen molar-refractivity contribution >= 4 is 10.9 Å². The van der Waals surface area contributed by atoms with Crippen molar-refractivity contribution in [2.24, 2.45) is 0 Å². The molecular weight excluding hydrogens is 184 g/mol. The van der Waals surface area contributed by atoms with Crippen LogP contribution in [-0.2, 0) is 0 Å². The SMILES string of the molecule is Fc1cc(F)c2c(C3CC3)c[nH]c2c1. The molecule has 1 N–H and O–H groups in total. The van der Waals surface area contributed by atoms with Crippen molar-refractivity contribution in [3.63, 3.8) is 0 Å². The van der Waals surface area contributed by atoms with Gasteiger partial charge in [-0.3, -0.25) is 0 Å². The number of nitrogens with one attached hydrogen (secondary N) is 1. The molecule has 0 bridgehead atoms. The maximum absolute atomic E-state index is 13.5. The van der Waals surface area contributed by atoms with E-state index in [1.807, 2.05) is 0 Å². The van der Waals surface area contributed by atoms with Crippen LogP contribution in [0.2, 0.25) is 0 Å². The molecular formula is C11H9F2N. The Morgan fingerprint density at radius 2 is 2.00 bits per heavy atom. The Morgan fingerprint density at radius 1 is 1.21 bits per heavy atom. The van der Waals surface area contributed by atoms with Crippen LogP contribution >= 0.6 is 0 Å². The lowest BCUT2D eigenvalue weighted by Gasteiger charge is -1.97. The molecule has 3 rings (SSSR count). The molecule has 2 aromatic rings. The van der Waals surface area contributed by atoms with E-state index in [9.17, 15) is 8.78 Å². The number of rotatable bonds is 1. The third-order valence-corrected chi connectivity index (χ3v) is 2.74. The van der Waals surface area contributed by atoms with E-state index in [1.54, 1.807) is 6.20 Å². The van der Waals surface area contributed by atoms with Crippen molar-refractivity contribution in [2.45, 2.75) is 18.8 Å². The fourth-order valence-corrected chi connectivity index (χ4v) is 1.92. The summed E-state index contributed by atoms with van der Waals surface area (Å²) in [5, 5.41) is 0.564. The van der Waals surface area contributed by atoms with E-state index in [4.69, 9.17) is 0 Å². The van der Waals surface area contributed by atoms with E-state index in [-0.39, 0.29) is 0 Å². The highest BCUT2D eigenvalue weighted by molar-refractivity contribution is 5.84. The highest BCUT2D eigenvalue weighted by Crippen LogP contribution is 2.43. The maximum atomic E-state index is 13.5. The lowest BCUT2D eigenvalue weighted by Crippen LogP contribution is -1.83. The van der Waals surface area contributed by atoms with Gasteiger partial charge in [0.05, 0.1) is 5.52 Å². The van der Waals surface area contributed by atoms with E-state index in [2.05, 4.69) is 4.98 Å². The first-order chi connectivity index (χ1) is 6.75. The standard InChI is InChI=1S/C11H9F2N/c12-7-3-9(13)11-8(6-1-2-6)5-14-10(11)4-7/h3-6,14H,1-2H2. The molecule has 0 radical (unpaired) electrons. The summed E-state index contributed by atoms with van der Waals surface area (Å²) in [6.07, 6.45) is 4.03. The van der Waals surface area contributed by atoms with Crippen LogP contribution in [0.1, 0.15) is 24.3 Å². The highest BCUT2D eigenvalue weighted by atomic mass is 19.1. The smallest absolute Gasteiger partial charge is 0.135 e. The topological polar surface area (TPSA) is 15.8 Å². The van der Waals surface area contributed by atoms with E-state index in [0.717, 1.165) is 24.5 Å². The predicted octanol–water partition coefficient (Wildman–Crippen LogP) is 3.32. The molecule has 1 aromatic carbocycles. The van der Waals surface area contributed by atoms with Gasteiger partial charge in [-0.2, -0.15) is 0 Å². The Kier molecular flexibility index (Phi) is 1.46. The third kappa shape index (κ3) is 1.05. The fraction of sp³-hybridized carbons (Fsp3) is 0.273. The summed E-state index contributed by atoms with van der Waals surface area (Å²) in [6.45, 7) is 0. The van der Waals surface area contributed by atoms with Gasteiger partial charge in [0.2, 0.25) is 0 Å². The van der Waals surface area contributed by atoms with Gasteiger partial charge in [0.25, 0.3) is 0 Å². The number of H-pyrrole nitrogens is 1. The molecule has 1 heterocycles. The number of halogens is 2. The van der Waals surface area contributed by atoms with Gasteiger partial charge in [0.15, 0.2) is 0 Å². The predicted molar refractivity (Wildman–Crippen MR) is 50.2 cm³/mol. The molecule has 0 unspecified atom stereocenters. The zero-order valence-electron chi connectivity index (χ0n) is 7.48. The number of benzene rings is 1. The van der Waals surface area contributed by atoms with Gasteiger partial charge < -0.3 is 4.98 Å². The Labute approximate surface area is 79.7 Å². The normalized spacial score (nSPS) is 16.4. The average Bonchev–Trinajstić information content (AvgIpc) is 2.87.